The molecule has 0 unspecified atom stereocenters. The Kier molecular flexibility index (Phi) is 6.65. The molecule has 2 aromatic heterocycles. The van der Waals surface area contributed by atoms with Gasteiger partial charge in [0.25, 0.3) is 5.56 Å². The molecule has 0 amide bonds. The predicted molar refractivity (Wildman–Crippen MR) is 125 cm³/mol. The fraction of sp³-hybridized carbons (Fsp3) is 0.240. The van der Waals surface area contributed by atoms with E-state index in [2.05, 4.69) is 10.3 Å². The first-order valence-electron chi connectivity index (χ1n) is 10.7. The molecule has 1 N–H and O–H groups in total. The van der Waals surface area contributed by atoms with Crippen LogP contribution in [0.5, 0.6) is 0 Å². The van der Waals surface area contributed by atoms with E-state index in [0.717, 1.165) is 30.8 Å². The van der Waals surface area contributed by atoms with Gasteiger partial charge in [0.05, 0.1) is 24.1 Å². The lowest BCUT2D eigenvalue weighted by Gasteiger charge is -2.09. The van der Waals surface area contributed by atoms with Gasteiger partial charge in [-0.2, -0.15) is 0 Å². The Bertz CT molecular complexity index is 1240. The Morgan fingerprint density at radius 1 is 1.03 bits per heavy atom. The minimum absolute atomic E-state index is 0.0302. The molecule has 0 aliphatic heterocycles. The minimum Gasteiger partial charge on any atom is -0.462 e. The third kappa shape index (κ3) is 4.88. The van der Waals surface area contributed by atoms with E-state index in [9.17, 15) is 9.59 Å². The Hall–Kier alpha value is -3.87. The molecule has 0 spiro atoms. The van der Waals surface area contributed by atoms with Crippen LogP contribution in [0.4, 0.5) is 5.69 Å². The van der Waals surface area contributed by atoms with Crippen LogP contribution in [0.15, 0.2) is 78.0 Å². The number of fused-ring (bicyclic) bond motifs is 1. The van der Waals surface area contributed by atoms with Crippen molar-refractivity contribution in [2.45, 2.75) is 26.4 Å². The first-order valence-corrected chi connectivity index (χ1v) is 10.7. The molecule has 0 saturated carbocycles. The second-order valence-corrected chi connectivity index (χ2v) is 7.49. The van der Waals surface area contributed by atoms with Crippen molar-refractivity contribution in [2.24, 2.45) is 0 Å². The summed E-state index contributed by atoms with van der Waals surface area (Å²) in [5.41, 5.74) is 3.23. The fourth-order valence-corrected chi connectivity index (χ4v) is 3.60. The lowest BCUT2D eigenvalue weighted by molar-refractivity contribution is 0.0526. The van der Waals surface area contributed by atoms with Crippen molar-refractivity contribution < 1.29 is 9.53 Å². The SMILES string of the molecule is CCOC(=O)c1ccc(NCCCn2ccc3c(=O)n(Cc4ccccc4)cnc32)cc1. The molecule has 0 aliphatic carbocycles. The lowest BCUT2D eigenvalue weighted by atomic mass is 10.2. The predicted octanol–water partition coefficient (Wildman–Crippen LogP) is 3.93. The summed E-state index contributed by atoms with van der Waals surface area (Å²) in [7, 11) is 0. The van der Waals surface area contributed by atoms with E-state index in [1.165, 1.54) is 0 Å². The molecule has 164 valence electrons. The number of carbonyl (C=O) groups excluding carboxylic acids is 1. The Balaban J connectivity index is 1.34. The van der Waals surface area contributed by atoms with Crippen molar-refractivity contribution in [3.05, 3.63) is 94.7 Å². The zero-order valence-corrected chi connectivity index (χ0v) is 18.0. The molecule has 0 atom stereocenters. The van der Waals surface area contributed by atoms with E-state index in [1.807, 2.05) is 59.3 Å². The van der Waals surface area contributed by atoms with Crippen LogP contribution in [0, 0.1) is 0 Å². The van der Waals surface area contributed by atoms with Gasteiger partial charge in [0.15, 0.2) is 0 Å². The van der Waals surface area contributed by atoms with Gasteiger partial charge in [-0.3, -0.25) is 9.36 Å². The van der Waals surface area contributed by atoms with Crippen LogP contribution in [0.25, 0.3) is 11.0 Å². The highest BCUT2D eigenvalue weighted by molar-refractivity contribution is 5.89. The molecule has 4 rings (SSSR count). The van der Waals surface area contributed by atoms with Crippen molar-refractivity contribution >= 4 is 22.7 Å². The van der Waals surface area contributed by atoms with Crippen LogP contribution in [0.2, 0.25) is 0 Å². The van der Waals surface area contributed by atoms with Crippen LogP contribution in [-0.4, -0.2) is 33.2 Å². The van der Waals surface area contributed by atoms with E-state index < -0.39 is 0 Å². The summed E-state index contributed by atoms with van der Waals surface area (Å²) in [6, 6.07) is 19.0. The van der Waals surface area contributed by atoms with Gasteiger partial charge in [0.2, 0.25) is 0 Å². The van der Waals surface area contributed by atoms with Gasteiger partial charge in [0, 0.05) is 25.0 Å². The summed E-state index contributed by atoms with van der Waals surface area (Å²) >= 11 is 0. The van der Waals surface area contributed by atoms with Crippen molar-refractivity contribution in [3.63, 3.8) is 0 Å². The number of nitrogens with one attached hydrogen (secondary N) is 1. The van der Waals surface area contributed by atoms with Crippen LogP contribution in [0.1, 0.15) is 29.3 Å². The number of hydrogen-bond donors (Lipinski definition) is 1. The second-order valence-electron chi connectivity index (χ2n) is 7.49. The first kappa shape index (κ1) is 21.4. The molecular formula is C25H26N4O3. The largest absolute Gasteiger partial charge is 0.462 e. The van der Waals surface area contributed by atoms with Crippen molar-refractivity contribution in [1.82, 2.24) is 14.1 Å². The summed E-state index contributed by atoms with van der Waals surface area (Å²) in [4.78, 5) is 29.1. The maximum atomic E-state index is 12.8. The number of rotatable bonds is 9. The summed E-state index contributed by atoms with van der Waals surface area (Å²) < 4.78 is 8.65. The summed E-state index contributed by atoms with van der Waals surface area (Å²) in [5, 5.41) is 3.98. The Morgan fingerprint density at radius 2 is 1.81 bits per heavy atom. The molecule has 0 bridgehead atoms. The Labute approximate surface area is 186 Å². The average molecular weight is 431 g/mol. The number of aryl methyl sites for hydroxylation is 1. The van der Waals surface area contributed by atoms with Gasteiger partial charge in [-0.1, -0.05) is 30.3 Å². The molecule has 0 aliphatic rings. The first-order chi connectivity index (χ1) is 15.7. The number of aromatic nitrogens is 3. The van der Waals surface area contributed by atoms with Crippen molar-refractivity contribution in [2.75, 3.05) is 18.5 Å². The highest BCUT2D eigenvalue weighted by Gasteiger charge is 2.09. The monoisotopic (exact) mass is 430 g/mol. The molecule has 0 fully saturated rings. The molecular weight excluding hydrogens is 404 g/mol. The van der Waals surface area contributed by atoms with E-state index >= 15 is 0 Å². The van der Waals surface area contributed by atoms with Gasteiger partial charge in [-0.05, 0) is 49.2 Å². The molecule has 4 aromatic rings. The summed E-state index contributed by atoms with van der Waals surface area (Å²) in [5.74, 6) is -0.311. The molecule has 2 heterocycles. The highest BCUT2D eigenvalue weighted by atomic mass is 16.5. The van der Waals surface area contributed by atoms with Crippen LogP contribution < -0.4 is 10.9 Å². The maximum absolute atomic E-state index is 12.8. The van der Waals surface area contributed by atoms with Gasteiger partial charge in [-0.15, -0.1) is 0 Å². The second kappa shape index (κ2) is 9.96. The highest BCUT2D eigenvalue weighted by Crippen LogP contribution is 2.13. The zero-order valence-electron chi connectivity index (χ0n) is 18.0. The van der Waals surface area contributed by atoms with E-state index in [4.69, 9.17) is 4.74 Å². The van der Waals surface area contributed by atoms with Crippen LogP contribution in [-0.2, 0) is 17.8 Å². The minimum atomic E-state index is -0.311. The molecule has 7 heteroatoms. The van der Waals surface area contributed by atoms with E-state index in [1.54, 1.807) is 30.0 Å². The number of anilines is 1. The topological polar surface area (TPSA) is 78.1 Å². The molecule has 0 radical (unpaired) electrons. The quantitative estimate of drug-likeness (QED) is 0.322. The summed E-state index contributed by atoms with van der Waals surface area (Å²) in [6.45, 7) is 4.16. The Morgan fingerprint density at radius 3 is 2.56 bits per heavy atom. The third-order valence-corrected chi connectivity index (χ3v) is 5.24. The molecule has 0 saturated heterocycles. The molecule has 2 aromatic carbocycles. The number of carbonyl (C=O) groups is 1. The fourth-order valence-electron chi connectivity index (χ4n) is 3.60. The maximum Gasteiger partial charge on any atom is 0.338 e. The van der Waals surface area contributed by atoms with Gasteiger partial charge in [-0.25, -0.2) is 9.78 Å². The van der Waals surface area contributed by atoms with Crippen LogP contribution in [0.3, 0.4) is 0 Å². The molecule has 32 heavy (non-hydrogen) atoms. The number of nitrogens with zero attached hydrogens (tertiary/aromatic N) is 3. The normalized spacial score (nSPS) is 10.9. The van der Waals surface area contributed by atoms with Gasteiger partial charge < -0.3 is 14.6 Å². The number of ether oxygens (including phenoxy) is 1. The number of esters is 1. The van der Waals surface area contributed by atoms with Crippen molar-refractivity contribution in [3.8, 4) is 0 Å². The number of benzene rings is 2. The lowest BCUT2D eigenvalue weighted by Crippen LogP contribution is -2.21. The summed E-state index contributed by atoms with van der Waals surface area (Å²) in [6.07, 6.45) is 4.40. The third-order valence-electron chi connectivity index (χ3n) is 5.24. The zero-order chi connectivity index (χ0) is 22.3. The van der Waals surface area contributed by atoms with Gasteiger partial charge >= 0.3 is 5.97 Å². The van der Waals surface area contributed by atoms with Crippen molar-refractivity contribution in [1.29, 1.82) is 0 Å². The van der Waals surface area contributed by atoms with Crippen LogP contribution >= 0.6 is 0 Å². The molecule has 7 nitrogen and oxygen atoms in total. The smallest absolute Gasteiger partial charge is 0.338 e. The van der Waals surface area contributed by atoms with Gasteiger partial charge in [0.1, 0.15) is 12.0 Å². The average Bonchev–Trinajstić information content (AvgIpc) is 3.23. The van der Waals surface area contributed by atoms with E-state index in [-0.39, 0.29) is 11.5 Å². The van der Waals surface area contributed by atoms with E-state index in [0.29, 0.717) is 29.7 Å². The number of hydrogen-bond acceptors (Lipinski definition) is 5. The standard InChI is InChI=1S/C25H26N4O3/c1-2-32-25(31)20-9-11-21(12-10-20)26-14-6-15-28-16-13-22-23(28)27-18-29(24(22)30)17-19-7-4-3-5-8-19/h3-5,7-13,16,18,26H,2,6,14-15,17H2,1H3.